The summed E-state index contributed by atoms with van der Waals surface area (Å²) in [6.07, 6.45) is 0. The fourth-order valence-electron chi connectivity index (χ4n) is 2.16. The Morgan fingerprint density at radius 3 is 2.46 bits per heavy atom. The number of benzene rings is 2. The predicted octanol–water partition coefficient (Wildman–Crippen LogP) is 2.05. The second-order valence-electron chi connectivity index (χ2n) is 5.23. The second kappa shape index (κ2) is 9.08. The molecule has 2 rings (SSSR count). The van der Waals surface area contributed by atoms with Gasteiger partial charge in [0.25, 0.3) is 5.91 Å². The Hall–Kier alpha value is -3.53. The second-order valence-corrected chi connectivity index (χ2v) is 5.23. The van der Waals surface area contributed by atoms with Gasteiger partial charge in [-0.2, -0.15) is 5.26 Å². The summed E-state index contributed by atoms with van der Waals surface area (Å²) < 4.78 is 15.2. The van der Waals surface area contributed by atoms with Gasteiger partial charge in [0.15, 0.2) is 6.61 Å². The fraction of sp³-hybridized carbons (Fsp3) is 0.211. The molecule has 0 fully saturated rings. The maximum absolute atomic E-state index is 11.9. The van der Waals surface area contributed by atoms with Gasteiger partial charge in [0.2, 0.25) is 0 Å². The largest absolute Gasteiger partial charge is 0.496 e. The van der Waals surface area contributed by atoms with E-state index >= 15 is 0 Å². The summed E-state index contributed by atoms with van der Waals surface area (Å²) in [5.74, 6) is 0.0663. The molecule has 0 spiro atoms. The van der Waals surface area contributed by atoms with Crippen LogP contribution in [-0.4, -0.2) is 32.7 Å². The first-order chi connectivity index (χ1) is 12.6. The minimum absolute atomic E-state index is 0.161. The Bertz CT molecular complexity index is 825. The number of methoxy groups -OCH3 is 2. The van der Waals surface area contributed by atoms with Crippen LogP contribution in [0.2, 0.25) is 0 Å². The van der Waals surface area contributed by atoms with Gasteiger partial charge in [-0.25, -0.2) is 4.79 Å². The molecule has 1 N–H and O–H groups in total. The van der Waals surface area contributed by atoms with Crippen molar-refractivity contribution in [3.63, 3.8) is 0 Å². The van der Waals surface area contributed by atoms with Gasteiger partial charge in [0.1, 0.15) is 17.1 Å². The first kappa shape index (κ1) is 18.8. The number of ether oxygens (including phenoxy) is 3. The van der Waals surface area contributed by atoms with E-state index in [0.717, 1.165) is 5.56 Å². The minimum Gasteiger partial charge on any atom is -0.496 e. The third kappa shape index (κ3) is 4.98. The van der Waals surface area contributed by atoms with Crippen LogP contribution < -0.4 is 14.8 Å². The normalized spacial score (nSPS) is 9.73. The van der Waals surface area contributed by atoms with Crippen molar-refractivity contribution in [3.05, 3.63) is 59.2 Å². The van der Waals surface area contributed by atoms with Gasteiger partial charge in [0, 0.05) is 6.54 Å². The van der Waals surface area contributed by atoms with Crippen LogP contribution in [0.3, 0.4) is 0 Å². The number of hydrogen-bond acceptors (Lipinski definition) is 6. The SMILES string of the molecule is COC(=O)c1cc(CNC(=O)COc2ccc(C#N)cc2)ccc1OC. The van der Waals surface area contributed by atoms with E-state index in [9.17, 15) is 9.59 Å². The van der Waals surface area contributed by atoms with Crippen LogP contribution in [0.4, 0.5) is 0 Å². The number of esters is 1. The van der Waals surface area contributed by atoms with Crippen molar-refractivity contribution in [2.75, 3.05) is 20.8 Å². The smallest absolute Gasteiger partial charge is 0.341 e. The van der Waals surface area contributed by atoms with Gasteiger partial charge >= 0.3 is 5.97 Å². The van der Waals surface area contributed by atoms with Gasteiger partial charge in [-0.1, -0.05) is 6.07 Å². The van der Waals surface area contributed by atoms with Gasteiger partial charge in [-0.3, -0.25) is 4.79 Å². The molecule has 0 radical (unpaired) electrons. The van der Waals surface area contributed by atoms with E-state index in [2.05, 4.69) is 5.32 Å². The third-order valence-electron chi connectivity index (χ3n) is 3.51. The highest BCUT2D eigenvalue weighted by Gasteiger charge is 2.13. The average molecular weight is 354 g/mol. The first-order valence-electron chi connectivity index (χ1n) is 7.72. The third-order valence-corrected chi connectivity index (χ3v) is 3.51. The molecule has 0 aromatic heterocycles. The Kier molecular flexibility index (Phi) is 6.57. The van der Waals surface area contributed by atoms with E-state index < -0.39 is 5.97 Å². The van der Waals surface area contributed by atoms with Crippen LogP contribution in [0, 0.1) is 11.3 Å². The van der Waals surface area contributed by atoms with Crippen LogP contribution in [0.15, 0.2) is 42.5 Å². The molecule has 0 heterocycles. The molecule has 0 aliphatic rings. The molecule has 0 aliphatic carbocycles. The van der Waals surface area contributed by atoms with Crippen molar-refractivity contribution in [2.45, 2.75) is 6.54 Å². The van der Waals surface area contributed by atoms with Crippen molar-refractivity contribution < 1.29 is 23.8 Å². The molecule has 0 saturated heterocycles. The van der Waals surface area contributed by atoms with Gasteiger partial charge in [-0.05, 0) is 42.0 Å². The Morgan fingerprint density at radius 1 is 1.12 bits per heavy atom. The molecule has 7 heteroatoms. The van der Waals surface area contributed by atoms with E-state index in [0.29, 0.717) is 17.1 Å². The highest BCUT2D eigenvalue weighted by atomic mass is 16.5. The Balaban J connectivity index is 1.90. The molecule has 0 saturated carbocycles. The van der Waals surface area contributed by atoms with E-state index in [4.69, 9.17) is 19.5 Å². The summed E-state index contributed by atoms with van der Waals surface area (Å²) in [6, 6.07) is 13.5. The van der Waals surface area contributed by atoms with Crippen molar-refractivity contribution in [3.8, 4) is 17.6 Å². The summed E-state index contributed by atoms with van der Waals surface area (Å²) in [4.78, 5) is 23.7. The lowest BCUT2D eigenvalue weighted by Crippen LogP contribution is -2.28. The number of rotatable bonds is 7. The zero-order valence-corrected chi connectivity index (χ0v) is 14.4. The number of carbonyl (C=O) groups excluding carboxylic acids is 2. The number of carbonyl (C=O) groups is 2. The zero-order valence-electron chi connectivity index (χ0n) is 14.4. The van der Waals surface area contributed by atoms with E-state index in [1.165, 1.54) is 14.2 Å². The Labute approximate surface area is 151 Å². The van der Waals surface area contributed by atoms with E-state index in [1.807, 2.05) is 6.07 Å². The van der Waals surface area contributed by atoms with Crippen molar-refractivity contribution in [1.82, 2.24) is 5.32 Å². The number of nitrogens with one attached hydrogen (secondary N) is 1. The van der Waals surface area contributed by atoms with Gasteiger partial charge in [-0.15, -0.1) is 0 Å². The molecular weight excluding hydrogens is 336 g/mol. The molecule has 7 nitrogen and oxygen atoms in total. The summed E-state index contributed by atoms with van der Waals surface area (Å²) in [6.45, 7) is 0.0649. The molecule has 0 bridgehead atoms. The van der Waals surface area contributed by atoms with Crippen LogP contribution in [-0.2, 0) is 16.1 Å². The van der Waals surface area contributed by atoms with Crippen LogP contribution in [0.25, 0.3) is 0 Å². The molecule has 0 atom stereocenters. The number of nitrogens with zero attached hydrogens (tertiary/aromatic N) is 1. The van der Waals surface area contributed by atoms with Crippen LogP contribution >= 0.6 is 0 Å². The number of nitriles is 1. The fourth-order valence-corrected chi connectivity index (χ4v) is 2.16. The maximum atomic E-state index is 11.9. The van der Waals surface area contributed by atoms with Crippen molar-refractivity contribution in [2.24, 2.45) is 0 Å². The monoisotopic (exact) mass is 354 g/mol. The zero-order chi connectivity index (χ0) is 18.9. The first-order valence-corrected chi connectivity index (χ1v) is 7.72. The molecule has 0 unspecified atom stereocenters. The lowest BCUT2D eigenvalue weighted by molar-refractivity contribution is -0.123. The molecule has 2 aromatic carbocycles. The number of hydrogen-bond donors (Lipinski definition) is 1. The lowest BCUT2D eigenvalue weighted by Gasteiger charge is -2.11. The van der Waals surface area contributed by atoms with Gasteiger partial charge in [0.05, 0.1) is 25.9 Å². The molecule has 1 amide bonds. The molecule has 2 aromatic rings. The van der Waals surface area contributed by atoms with Crippen molar-refractivity contribution >= 4 is 11.9 Å². The quantitative estimate of drug-likeness (QED) is 0.764. The summed E-state index contributed by atoms with van der Waals surface area (Å²) in [7, 11) is 2.75. The van der Waals surface area contributed by atoms with Crippen molar-refractivity contribution in [1.29, 1.82) is 5.26 Å². The molecular formula is C19H18N2O5. The van der Waals surface area contributed by atoms with E-state index in [-0.39, 0.29) is 24.6 Å². The predicted molar refractivity (Wildman–Crippen MR) is 92.8 cm³/mol. The maximum Gasteiger partial charge on any atom is 0.341 e. The number of amides is 1. The highest BCUT2D eigenvalue weighted by Crippen LogP contribution is 2.20. The van der Waals surface area contributed by atoms with Gasteiger partial charge < -0.3 is 19.5 Å². The average Bonchev–Trinajstić information content (AvgIpc) is 2.70. The lowest BCUT2D eigenvalue weighted by atomic mass is 10.1. The Morgan fingerprint density at radius 2 is 1.85 bits per heavy atom. The van der Waals surface area contributed by atoms with Crippen LogP contribution in [0.5, 0.6) is 11.5 Å². The molecule has 0 aliphatic heterocycles. The summed E-state index contributed by atoms with van der Waals surface area (Å²) >= 11 is 0. The standard InChI is InChI=1S/C19H18N2O5/c1-24-17-8-5-14(9-16(17)19(23)25-2)11-21-18(22)12-26-15-6-3-13(10-20)4-7-15/h3-9H,11-12H2,1-2H3,(H,21,22). The van der Waals surface area contributed by atoms with E-state index in [1.54, 1.807) is 42.5 Å². The minimum atomic E-state index is -0.515. The molecule has 134 valence electrons. The van der Waals surface area contributed by atoms with Crippen LogP contribution in [0.1, 0.15) is 21.5 Å². The molecule has 26 heavy (non-hydrogen) atoms. The summed E-state index contributed by atoms with van der Waals surface area (Å²) in [5.41, 5.74) is 1.52. The summed E-state index contributed by atoms with van der Waals surface area (Å²) in [5, 5.41) is 11.4. The highest BCUT2D eigenvalue weighted by molar-refractivity contribution is 5.92. The topological polar surface area (TPSA) is 97.6 Å².